The lowest BCUT2D eigenvalue weighted by atomic mass is 9.78. The maximum Gasteiger partial charge on any atom is 0.199 e. The largest absolute Gasteiger partial charge is 0.348 e. The Morgan fingerprint density at radius 2 is 1.69 bits per heavy atom. The molecule has 0 radical (unpaired) electrons. The molecule has 0 aliphatic carbocycles. The van der Waals surface area contributed by atoms with Crippen LogP contribution in [-0.4, -0.2) is 25.7 Å². The molecule has 0 aromatic carbocycles. The van der Waals surface area contributed by atoms with Crippen LogP contribution in [-0.2, 0) is 13.8 Å². The molecule has 4 heteroatoms. The van der Waals surface area contributed by atoms with Crippen LogP contribution in [0.25, 0.3) is 0 Å². The number of ether oxygens (including phenoxy) is 1. The molecular formula is C12H25O3P. The third kappa shape index (κ3) is 3.32. The fraction of sp³-hybridized carbons (Fsp3) is 1.00. The summed E-state index contributed by atoms with van der Waals surface area (Å²) in [5.41, 5.74) is 0. The standard InChI is InChI=1S/C12H25O3P/c1-7-11-9(3)8(2)10(4)12(14-11)15-16(5,6)13/h8-12H,7H2,1-6H3/t8?,9-,10?,11?,12+/m0/s1. The monoisotopic (exact) mass is 248 g/mol. The van der Waals surface area contributed by atoms with Gasteiger partial charge in [0.2, 0.25) is 0 Å². The quantitative estimate of drug-likeness (QED) is 0.716. The Bertz CT molecular complexity index is 271. The van der Waals surface area contributed by atoms with E-state index in [0.717, 1.165) is 6.42 Å². The van der Waals surface area contributed by atoms with Gasteiger partial charge in [0.05, 0.1) is 6.10 Å². The van der Waals surface area contributed by atoms with Crippen LogP contribution in [0.2, 0.25) is 0 Å². The lowest BCUT2D eigenvalue weighted by Crippen LogP contribution is -2.45. The van der Waals surface area contributed by atoms with Crippen molar-refractivity contribution in [1.82, 2.24) is 0 Å². The van der Waals surface area contributed by atoms with E-state index in [1.165, 1.54) is 0 Å². The van der Waals surface area contributed by atoms with Gasteiger partial charge in [-0.1, -0.05) is 27.7 Å². The molecule has 1 aliphatic rings. The molecule has 0 aromatic heterocycles. The molecule has 16 heavy (non-hydrogen) atoms. The Kier molecular flexibility index (Phi) is 4.62. The molecule has 96 valence electrons. The van der Waals surface area contributed by atoms with Gasteiger partial charge in [0.25, 0.3) is 0 Å². The lowest BCUT2D eigenvalue weighted by molar-refractivity contribution is -0.210. The summed E-state index contributed by atoms with van der Waals surface area (Å²) in [5, 5.41) is 0. The molecule has 0 saturated carbocycles. The van der Waals surface area contributed by atoms with Crippen LogP contribution >= 0.6 is 7.37 Å². The highest BCUT2D eigenvalue weighted by Crippen LogP contribution is 2.45. The predicted molar refractivity (Wildman–Crippen MR) is 67.0 cm³/mol. The summed E-state index contributed by atoms with van der Waals surface area (Å²) in [4.78, 5) is 0. The Morgan fingerprint density at radius 3 is 2.12 bits per heavy atom. The zero-order chi connectivity index (χ0) is 12.5. The second-order valence-electron chi connectivity index (χ2n) is 5.39. The molecule has 0 bridgehead atoms. The van der Waals surface area contributed by atoms with E-state index in [9.17, 15) is 4.57 Å². The molecule has 0 aromatic rings. The van der Waals surface area contributed by atoms with Crippen molar-refractivity contribution < 1.29 is 13.8 Å². The highest BCUT2D eigenvalue weighted by atomic mass is 31.2. The molecule has 3 unspecified atom stereocenters. The first-order chi connectivity index (χ1) is 7.26. The van der Waals surface area contributed by atoms with Crippen LogP contribution in [0.5, 0.6) is 0 Å². The van der Waals surface area contributed by atoms with Crippen LogP contribution in [0.1, 0.15) is 34.1 Å². The van der Waals surface area contributed by atoms with Gasteiger partial charge in [0.1, 0.15) is 0 Å². The van der Waals surface area contributed by atoms with Gasteiger partial charge in [-0.25, -0.2) is 0 Å². The van der Waals surface area contributed by atoms with E-state index in [1.54, 1.807) is 13.3 Å². The van der Waals surface area contributed by atoms with Crippen molar-refractivity contribution in [2.24, 2.45) is 17.8 Å². The van der Waals surface area contributed by atoms with Crippen molar-refractivity contribution in [1.29, 1.82) is 0 Å². The summed E-state index contributed by atoms with van der Waals surface area (Å²) in [5.74, 6) is 1.37. The van der Waals surface area contributed by atoms with E-state index in [-0.39, 0.29) is 12.4 Å². The van der Waals surface area contributed by atoms with Crippen molar-refractivity contribution in [2.75, 3.05) is 13.3 Å². The van der Waals surface area contributed by atoms with Gasteiger partial charge < -0.3 is 4.74 Å². The molecule has 1 aliphatic heterocycles. The van der Waals surface area contributed by atoms with Crippen molar-refractivity contribution in [3.8, 4) is 0 Å². The van der Waals surface area contributed by atoms with E-state index < -0.39 is 7.37 Å². The van der Waals surface area contributed by atoms with E-state index >= 15 is 0 Å². The van der Waals surface area contributed by atoms with E-state index in [0.29, 0.717) is 17.8 Å². The molecule has 5 atom stereocenters. The van der Waals surface area contributed by atoms with Crippen molar-refractivity contribution in [3.63, 3.8) is 0 Å². The first-order valence-corrected chi connectivity index (χ1v) is 8.67. The van der Waals surface area contributed by atoms with Gasteiger partial charge in [-0.3, -0.25) is 9.09 Å². The molecule has 1 rings (SSSR count). The lowest BCUT2D eigenvalue weighted by Gasteiger charge is -2.43. The van der Waals surface area contributed by atoms with Gasteiger partial charge in [0.15, 0.2) is 13.7 Å². The normalized spacial score (nSPS) is 41.0. The van der Waals surface area contributed by atoms with Crippen LogP contribution in [0, 0.1) is 17.8 Å². The third-order valence-electron chi connectivity index (χ3n) is 3.74. The molecule has 0 amide bonds. The maximum atomic E-state index is 11.7. The minimum atomic E-state index is -2.48. The van der Waals surface area contributed by atoms with E-state index in [4.69, 9.17) is 9.26 Å². The Hall–Kier alpha value is 0.150. The van der Waals surface area contributed by atoms with Crippen molar-refractivity contribution in [3.05, 3.63) is 0 Å². The summed E-state index contributed by atoms with van der Waals surface area (Å²) in [6.07, 6.45) is 0.898. The Morgan fingerprint density at radius 1 is 1.12 bits per heavy atom. The Labute approximate surface area is 99.4 Å². The molecule has 1 heterocycles. The third-order valence-corrected chi connectivity index (χ3v) is 4.46. The summed E-state index contributed by atoms with van der Waals surface area (Å²) in [6, 6.07) is 0. The van der Waals surface area contributed by atoms with Gasteiger partial charge in [-0.2, -0.15) is 0 Å². The SMILES string of the molecule is CCC1O[C@H](OP(C)(C)=O)C(C)C(C)[C@@H]1C. The zero-order valence-electron chi connectivity index (χ0n) is 11.3. The van der Waals surface area contributed by atoms with Crippen molar-refractivity contribution in [2.45, 2.75) is 46.5 Å². The fourth-order valence-corrected chi connectivity index (χ4v) is 3.07. The molecule has 1 saturated heterocycles. The highest BCUT2D eigenvalue weighted by Gasteiger charge is 2.40. The fourth-order valence-electron chi connectivity index (χ4n) is 2.32. The molecule has 1 fully saturated rings. The molecule has 0 spiro atoms. The summed E-state index contributed by atoms with van der Waals surface area (Å²) < 4.78 is 23.2. The second-order valence-corrected chi connectivity index (χ2v) is 8.10. The number of hydrogen-bond acceptors (Lipinski definition) is 3. The van der Waals surface area contributed by atoms with E-state index in [2.05, 4.69) is 27.7 Å². The van der Waals surface area contributed by atoms with Gasteiger partial charge >= 0.3 is 0 Å². The number of hydrogen-bond donors (Lipinski definition) is 0. The highest BCUT2D eigenvalue weighted by molar-refractivity contribution is 7.57. The minimum absolute atomic E-state index is 0.225. The van der Waals surface area contributed by atoms with Crippen LogP contribution < -0.4 is 0 Å². The first-order valence-electron chi connectivity index (χ1n) is 6.15. The molecule has 0 N–H and O–H groups in total. The summed E-state index contributed by atoms with van der Waals surface area (Å²) in [7, 11) is -2.48. The minimum Gasteiger partial charge on any atom is -0.348 e. The Balaban J connectivity index is 2.75. The van der Waals surface area contributed by atoms with Crippen LogP contribution in [0.4, 0.5) is 0 Å². The first kappa shape index (κ1) is 14.2. The average molecular weight is 248 g/mol. The van der Waals surface area contributed by atoms with Crippen LogP contribution in [0.3, 0.4) is 0 Å². The molecule has 3 nitrogen and oxygen atoms in total. The molecular weight excluding hydrogens is 223 g/mol. The maximum absolute atomic E-state index is 11.7. The van der Waals surface area contributed by atoms with Crippen molar-refractivity contribution >= 4 is 7.37 Å². The average Bonchev–Trinajstić information content (AvgIpc) is 2.17. The number of rotatable bonds is 3. The topological polar surface area (TPSA) is 35.5 Å². The summed E-state index contributed by atoms with van der Waals surface area (Å²) >= 11 is 0. The predicted octanol–water partition coefficient (Wildman–Crippen LogP) is 3.58. The van der Waals surface area contributed by atoms with Crippen LogP contribution in [0.15, 0.2) is 0 Å². The van der Waals surface area contributed by atoms with Gasteiger partial charge in [-0.05, 0) is 18.3 Å². The smallest absolute Gasteiger partial charge is 0.199 e. The van der Waals surface area contributed by atoms with E-state index in [1.807, 2.05) is 0 Å². The van der Waals surface area contributed by atoms with Gasteiger partial charge in [-0.15, -0.1) is 0 Å². The zero-order valence-corrected chi connectivity index (χ0v) is 12.2. The summed E-state index contributed by atoms with van der Waals surface area (Å²) in [6.45, 7) is 12.0. The second kappa shape index (κ2) is 5.20. The van der Waals surface area contributed by atoms with Gasteiger partial charge in [0, 0.05) is 19.2 Å².